The fraction of sp³-hybridized carbons (Fsp3) is 0.902. The van der Waals surface area contributed by atoms with Crippen LogP contribution in [0, 0.1) is 52.3 Å². The van der Waals surface area contributed by atoms with Gasteiger partial charge >= 0.3 is 5.97 Å². The molecule has 0 spiro atoms. The van der Waals surface area contributed by atoms with E-state index in [0.717, 1.165) is 62.7 Å². The highest BCUT2D eigenvalue weighted by atomic mass is 16.7. The molecule has 5 aliphatic rings. The van der Waals surface area contributed by atoms with Crippen molar-refractivity contribution in [3.63, 3.8) is 0 Å². The van der Waals surface area contributed by atoms with Gasteiger partial charge in [0.25, 0.3) is 0 Å². The quantitative estimate of drug-likeness (QED) is 0.0536. The highest BCUT2D eigenvalue weighted by molar-refractivity contribution is 5.69. The number of aliphatic hydroxyl groups excluding tert-OH is 3. The number of allylic oxidation sites excluding steroid dienone is 3. The second-order valence-electron chi connectivity index (χ2n) is 20.9. The van der Waals surface area contributed by atoms with Crippen LogP contribution in [0.4, 0.5) is 0 Å². The zero-order valence-electron chi connectivity index (χ0n) is 38.2. The third-order valence-electron chi connectivity index (χ3n) is 16.7. The monoisotopic (exact) mass is 813 g/mol. The van der Waals surface area contributed by atoms with Crippen molar-refractivity contribution in [1.29, 1.82) is 0 Å². The summed E-state index contributed by atoms with van der Waals surface area (Å²) in [6.45, 7) is 16.7. The normalized spacial score (nSPS) is 37.3. The van der Waals surface area contributed by atoms with Crippen molar-refractivity contribution >= 4 is 5.97 Å². The summed E-state index contributed by atoms with van der Waals surface area (Å²) in [5, 5.41) is 32.5. The lowest BCUT2D eigenvalue weighted by Gasteiger charge is -2.58. The van der Waals surface area contributed by atoms with Gasteiger partial charge in [-0.25, -0.2) is 0 Å². The van der Waals surface area contributed by atoms with Crippen LogP contribution >= 0.6 is 0 Å². The van der Waals surface area contributed by atoms with Crippen LogP contribution in [0.25, 0.3) is 0 Å². The van der Waals surface area contributed by atoms with Crippen LogP contribution in [0.2, 0.25) is 0 Å². The number of fused-ring (bicyclic) bond motifs is 5. The van der Waals surface area contributed by atoms with Crippen LogP contribution in [0.5, 0.6) is 0 Å². The molecule has 1 aliphatic heterocycles. The molecule has 3 N–H and O–H groups in total. The summed E-state index contributed by atoms with van der Waals surface area (Å²) in [6.07, 6.45) is 28.3. The van der Waals surface area contributed by atoms with Gasteiger partial charge in [0.2, 0.25) is 0 Å². The molecule has 0 aromatic heterocycles. The first-order valence-electron chi connectivity index (χ1n) is 24.7. The summed E-state index contributed by atoms with van der Waals surface area (Å²) in [7, 11) is 0. The van der Waals surface area contributed by atoms with Gasteiger partial charge in [-0.05, 0) is 110 Å². The smallest absolute Gasteiger partial charge is 0.305 e. The number of ether oxygens (including phenoxy) is 3. The Hall–Kier alpha value is -1.25. The zero-order chi connectivity index (χ0) is 41.9. The molecule has 0 bridgehead atoms. The average molecular weight is 813 g/mol. The van der Waals surface area contributed by atoms with Gasteiger partial charge in [0.15, 0.2) is 6.29 Å². The second-order valence-corrected chi connectivity index (χ2v) is 20.9. The predicted molar refractivity (Wildman–Crippen MR) is 235 cm³/mol. The van der Waals surface area contributed by atoms with Gasteiger partial charge < -0.3 is 29.5 Å². The number of hydrogen-bond acceptors (Lipinski definition) is 7. The molecule has 4 aliphatic carbocycles. The molecule has 14 unspecified atom stereocenters. The predicted octanol–water partition coefficient (Wildman–Crippen LogP) is 11.7. The molecule has 1 heterocycles. The van der Waals surface area contributed by atoms with Crippen LogP contribution in [-0.2, 0) is 19.0 Å². The Labute approximate surface area is 354 Å². The summed E-state index contributed by atoms with van der Waals surface area (Å²) in [5.74, 6) is 4.56. The molecule has 0 radical (unpaired) electrons. The molecule has 334 valence electrons. The van der Waals surface area contributed by atoms with Crippen LogP contribution in [0.1, 0.15) is 196 Å². The molecule has 0 amide bonds. The molecule has 4 fully saturated rings. The maximum Gasteiger partial charge on any atom is 0.305 e. The Bertz CT molecular complexity index is 1300. The fourth-order valence-corrected chi connectivity index (χ4v) is 12.4. The van der Waals surface area contributed by atoms with E-state index < -0.39 is 30.7 Å². The van der Waals surface area contributed by atoms with Crippen molar-refractivity contribution in [2.75, 3.05) is 6.61 Å². The Morgan fingerprint density at radius 2 is 1.43 bits per heavy atom. The molecular formula is C51H88O7. The Balaban J connectivity index is 1.03. The molecule has 7 heteroatoms. The maximum atomic E-state index is 12.6. The van der Waals surface area contributed by atoms with Crippen molar-refractivity contribution in [2.24, 2.45) is 52.3 Å². The van der Waals surface area contributed by atoms with E-state index in [-0.39, 0.29) is 24.1 Å². The van der Waals surface area contributed by atoms with Gasteiger partial charge in [0, 0.05) is 6.42 Å². The summed E-state index contributed by atoms with van der Waals surface area (Å²) < 4.78 is 18.0. The molecule has 58 heavy (non-hydrogen) atoms. The maximum absolute atomic E-state index is 12.6. The van der Waals surface area contributed by atoms with E-state index in [0.29, 0.717) is 35.5 Å². The van der Waals surface area contributed by atoms with E-state index in [9.17, 15) is 20.1 Å². The summed E-state index contributed by atoms with van der Waals surface area (Å²) in [6, 6.07) is 0. The second kappa shape index (κ2) is 22.7. The van der Waals surface area contributed by atoms with E-state index >= 15 is 0 Å². The van der Waals surface area contributed by atoms with Crippen molar-refractivity contribution in [2.45, 2.75) is 233 Å². The van der Waals surface area contributed by atoms with Crippen molar-refractivity contribution in [3.05, 3.63) is 23.8 Å². The molecule has 0 aromatic carbocycles. The van der Waals surface area contributed by atoms with Crippen LogP contribution in [0.3, 0.4) is 0 Å². The van der Waals surface area contributed by atoms with Gasteiger partial charge in [0.05, 0.1) is 6.10 Å². The molecule has 0 aromatic rings. The van der Waals surface area contributed by atoms with Gasteiger partial charge in [-0.1, -0.05) is 156 Å². The fourth-order valence-electron chi connectivity index (χ4n) is 12.4. The summed E-state index contributed by atoms with van der Waals surface area (Å²) in [4.78, 5) is 12.6. The highest BCUT2D eigenvalue weighted by Crippen LogP contribution is 2.67. The van der Waals surface area contributed by atoms with Gasteiger partial charge in [-0.2, -0.15) is 0 Å². The molecule has 14 atom stereocenters. The lowest BCUT2D eigenvalue weighted by atomic mass is 9.47. The van der Waals surface area contributed by atoms with E-state index in [2.05, 4.69) is 66.7 Å². The number of carbonyl (C=O) groups is 1. The number of hydrogen-bond donors (Lipinski definition) is 3. The van der Waals surface area contributed by atoms with Crippen LogP contribution in [-0.4, -0.2) is 64.7 Å². The number of aliphatic hydroxyl groups is 3. The third kappa shape index (κ3) is 12.0. The first-order chi connectivity index (χ1) is 27.8. The van der Waals surface area contributed by atoms with Gasteiger partial charge in [-0.3, -0.25) is 4.79 Å². The van der Waals surface area contributed by atoms with Crippen molar-refractivity contribution in [1.82, 2.24) is 0 Å². The number of unbranched alkanes of at least 4 members (excludes halogenated alkanes) is 13. The molecule has 3 saturated carbocycles. The largest absolute Gasteiger partial charge is 0.463 e. The number of carbonyl (C=O) groups excluding carboxylic acids is 1. The topological polar surface area (TPSA) is 105 Å². The lowest BCUT2D eigenvalue weighted by molar-refractivity contribution is -0.313. The molecule has 1 saturated heterocycles. The first-order valence-corrected chi connectivity index (χ1v) is 24.7. The van der Waals surface area contributed by atoms with Crippen molar-refractivity contribution < 1.29 is 34.3 Å². The standard InChI is InChI=1S/C51H88O7/c1-8-9-10-11-12-13-14-15-16-17-18-19-20-21-22-45(52)56-34-44-46(53)47(54)48(55)49(58-44)57-39-29-31-50(6)38(33-39)25-26-40-42-28-27-41(51(42,7)32-30-43(40)50)37(5)24-23-36(4)35(2)3/h23-25,35-37,39-44,46-49,53-55H,8-22,26-34H2,1-7H3/b24-23+. The SMILES string of the molecule is CCCCCCCCCCCCCCCCC(=O)OCC1OC(OC2CCC3(C)C(=CCC4C3CCC3(C)C(C(C)/C=C/C(C)C(C)C)CCC43)C2)C(O)C(O)C1O. The summed E-state index contributed by atoms with van der Waals surface area (Å²) >= 11 is 0. The number of esters is 1. The van der Waals surface area contributed by atoms with E-state index in [1.54, 1.807) is 0 Å². The van der Waals surface area contributed by atoms with E-state index in [1.165, 1.54) is 102 Å². The van der Waals surface area contributed by atoms with Crippen LogP contribution < -0.4 is 0 Å². The van der Waals surface area contributed by atoms with Gasteiger partial charge in [0.1, 0.15) is 31.0 Å². The summed E-state index contributed by atoms with van der Waals surface area (Å²) in [5.41, 5.74) is 2.05. The molecular weight excluding hydrogens is 725 g/mol. The molecule has 5 rings (SSSR count). The van der Waals surface area contributed by atoms with E-state index in [4.69, 9.17) is 14.2 Å². The van der Waals surface area contributed by atoms with Gasteiger partial charge in [-0.15, -0.1) is 0 Å². The minimum atomic E-state index is -1.44. The number of rotatable bonds is 23. The first kappa shape index (κ1) is 47.8. The highest BCUT2D eigenvalue weighted by Gasteiger charge is 2.59. The van der Waals surface area contributed by atoms with Crippen molar-refractivity contribution in [3.8, 4) is 0 Å². The molecule has 7 nitrogen and oxygen atoms in total. The minimum absolute atomic E-state index is 0.146. The van der Waals surface area contributed by atoms with E-state index in [1.807, 2.05) is 0 Å². The Morgan fingerprint density at radius 3 is 2.07 bits per heavy atom. The third-order valence-corrected chi connectivity index (χ3v) is 16.7. The van der Waals surface area contributed by atoms with Crippen LogP contribution in [0.15, 0.2) is 23.8 Å². The lowest BCUT2D eigenvalue weighted by Crippen LogP contribution is -2.60. The Morgan fingerprint density at radius 1 is 0.793 bits per heavy atom. The minimum Gasteiger partial charge on any atom is -0.463 e. The zero-order valence-corrected chi connectivity index (χ0v) is 38.2. The average Bonchev–Trinajstić information content (AvgIpc) is 3.57. The Kier molecular flexibility index (Phi) is 18.7.